The number of nitrogens with two attached hydrogens (primary N) is 2. The lowest BCUT2D eigenvalue weighted by atomic mass is 9.84. The molecule has 1 aliphatic rings. The van der Waals surface area contributed by atoms with Gasteiger partial charge in [-0.1, -0.05) is 11.6 Å². The van der Waals surface area contributed by atoms with Gasteiger partial charge in [0.1, 0.15) is 17.5 Å². The second-order valence-corrected chi connectivity index (χ2v) is 6.33. The molecule has 3 rings (SSSR count). The van der Waals surface area contributed by atoms with Gasteiger partial charge in [-0.25, -0.2) is 4.98 Å². The van der Waals surface area contributed by atoms with Crippen LogP contribution in [0.5, 0.6) is 11.5 Å². The van der Waals surface area contributed by atoms with E-state index in [-0.39, 0.29) is 11.9 Å². The van der Waals surface area contributed by atoms with Gasteiger partial charge in [-0.05, 0) is 37.0 Å². The van der Waals surface area contributed by atoms with Gasteiger partial charge in [-0.15, -0.1) is 0 Å². The third kappa shape index (κ3) is 2.86. The molecule has 0 saturated heterocycles. The average molecular weight is 359 g/mol. The number of nitriles is 1. The van der Waals surface area contributed by atoms with Gasteiger partial charge in [0.05, 0.1) is 19.2 Å². The first-order valence-corrected chi connectivity index (χ1v) is 8.27. The molecule has 0 unspecified atom stereocenters. The van der Waals surface area contributed by atoms with E-state index in [4.69, 9.17) is 32.5 Å². The highest BCUT2D eigenvalue weighted by Crippen LogP contribution is 2.45. The molecule has 6 nitrogen and oxygen atoms in total. The summed E-state index contributed by atoms with van der Waals surface area (Å²) in [6.07, 6.45) is 2.19. The molecule has 0 bridgehead atoms. The first-order valence-electron chi connectivity index (χ1n) is 7.89. The van der Waals surface area contributed by atoms with Crippen LogP contribution < -0.4 is 20.9 Å². The number of ether oxygens (including phenoxy) is 2. The van der Waals surface area contributed by atoms with Crippen molar-refractivity contribution >= 4 is 17.4 Å². The van der Waals surface area contributed by atoms with Crippen molar-refractivity contribution in [2.75, 3.05) is 20.0 Å². The van der Waals surface area contributed by atoms with Crippen molar-refractivity contribution < 1.29 is 9.47 Å². The van der Waals surface area contributed by atoms with E-state index in [0.29, 0.717) is 39.6 Å². The number of aromatic nitrogens is 1. The second-order valence-electron chi connectivity index (χ2n) is 5.95. The summed E-state index contributed by atoms with van der Waals surface area (Å²) in [6.45, 7) is 0. The van der Waals surface area contributed by atoms with Gasteiger partial charge in [0, 0.05) is 22.9 Å². The first-order chi connectivity index (χ1) is 12.0. The fourth-order valence-electron chi connectivity index (χ4n) is 3.30. The predicted molar refractivity (Wildman–Crippen MR) is 96.9 cm³/mol. The van der Waals surface area contributed by atoms with Crippen LogP contribution in [0.4, 0.5) is 5.82 Å². The van der Waals surface area contributed by atoms with Crippen molar-refractivity contribution in [3.8, 4) is 28.7 Å². The lowest BCUT2D eigenvalue weighted by Gasteiger charge is -2.25. The number of nitrogens with zero attached hydrogens (tertiary/aromatic N) is 2. The number of benzene rings is 1. The van der Waals surface area contributed by atoms with Crippen LogP contribution in [0.2, 0.25) is 5.02 Å². The molecule has 0 fully saturated rings. The van der Waals surface area contributed by atoms with Gasteiger partial charge in [0.25, 0.3) is 0 Å². The number of nitrogen functional groups attached to an aromatic ring is 1. The third-order valence-electron chi connectivity index (χ3n) is 4.50. The third-order valence-corrected chi connectivity index (χ3v) is 4.87. The predicted octanol–water partition coefficient (Wildman–Crippen LogP) is 2.69. The van der Waals surface area contributed by atoms with Crippen molar-refractivity contribution in [3.05, 3.63) is 34.0 Å². The van der Waals surface area contributed by atoms with Crippen molar-refractivity contribution in [1.29, 1.82) is 5.26 Å². The quantitative estimate of drug-likeness (QED) is 0.873. The van der Waals surface area contributed by atoms with Crippen LogP contribution >= 0.6 is 11.6 Å². The maximum Gasteiger partial charge on any atom is 0.180 e. The molecule has 1 aliphatic carbocycles. The molecule has 25 heavy (non-hydrogen) atoms. The molecule has 0 aliphatic heterocycles. The topological polar surface area (TPSA) is 107 Å². The zero-order valence-electron chi connectivity index (χ0n) is 14.1. The molecular formula is C18H19ClN4O2. The Bertz CT molecular complexity index is 877. The van der Waals surface area contributed by atoms with E-state index in [1.54, 1.807) is 19.2 Å². The van der Waals surface area contributed by atoms with Gasteiger partial charge >= 0.3 is 0 Å². The molecule has 2 aromatic rings. The van der Waals surface area contributed by atoms with E-state index in [2.05, 4.69) is 11.1 Å². The van der Waals surface area contributed by atoms with Crippen LogP contribution in [0.25, 0.3) is 11.1 Å². The minimum atomic E-state index is 0.0159. The molecule has 0 radical (unpaired) electrons. The standard InChI is InChI=1S/C18H19ClN4O2/c1-24-14-6-4-10(16(19)17(14)25-2)15-11-7-9(21)3-5-13(11)23-18(22)12(15)8-20/h4,6,9H,3,5,7,21H2,1-2H3,(H2,22,23)/t9-/m1/s1. The number of hydrogen-bond donors (Lipinski definition) is 2. The summed E-state index contributed by atoms with van der Waals surface area (Å²) < 4.78 is 10.7. The van der Waals surface area contributed by atoms with Gasteiger partial charge in [0.2, 0.25) is 0 Å². The summed E-state index contributed by atoms with van der Waals surface area (Å²) in [4.78, 5) is 4.41. The fourth-order valence-corrected chi connectivity index (χ4v) is 3.63. The van der Waals surface area contributed by atoms with Crippen molar-refractivity contribution in [2.45, 2.75) is 25.3 Å². The average Bonchev–Trinajstić information content (AvgIpc) is 2.61. The number of anilines is 1. The van der Waals surface area contributed by atoms with Crippen LogP contribution in [0.3, 0.4) is 0 Å². The van der Waals surface area contributed by atoms with Crippen molar-refractivity contribution in [3.63, 3.8) is 0 Å². The van der Waals surface area contributed by atoms with Gasteiger partial charge < -0.3 is 20.9 Å². The number of hydrogen-bond acceptors (Lipinski definition) is 6. The van der Waals surface area contributed by atoms with Crippen molar-refractivity contribution in [2.24, 2.45) is 5.73 Å². The Morgan fingerprint density at radius 2 is 2.08 bits per heavy atom. The van der Waals surface area contributed by atoms with E-state index in [1.165, 1.54) is 7.11 Å². The normalized spacial score (nSPS) is 16.0. The molecule has 1 heterocycles. The molecule has 1 atom stereocenters. The molecule has 0 saturated carbocycles. The summed E-state index contributed by atoms with van der Waals surface area (Å²) in [7, 11) is 3.06. The van der Waals surface area contributed by atoms with Gasteiger partial charge in [0.15, 0.2) is 11.5 Å². The monoisotopic (exact) mass is 358 g/mol. The fraction of sp³-hybridized carbons (Fsp3) is 0.333. The molecule has 4 N–H and O–H groups in total. The highest BCUT2D eigenvalue weighted by Gasteiger charge is 2.27. The zero-order chi connectivity index (χ0) is 18.1. The first kappa shape index (κ1) is 17.3. The Balaban J connectivity index is 2.34. The van der Waals surface area contributed by atoms with E-state index in [1.807, 2.05) is 0 Å². The number of pyridine rings is 1. The number of methoxy groups -OCH3 is 2. The molecule has 7 heteroatoms. The lowest BCUT2D eigenvalue weighted by molar-refractivity contribution is 0.355. The van der Waals surface area contributed by atoms with E-state index < -0.39 is 0 Å². The van der Waals surface area contributed by atoms with Crippen LogP contribution in [-0.2, 0) is 12.8 Å². The van der Waals surface area contributed by atoms with Crippen molar-refractivity contribution in [1.82, 2.24) is 4.98 Å². The molecule has 0 amide bonds. The maximum absolute atomic E-state index is 9.65. The van der Waals surface area contributed by atoms with Crippen LogP contribution in [0.15, 0.2) is 12.1 Å². The van der Waals surface area contributed by atoms with Crippen LogP contribution in [-0.4, -0.2) is 25.2 Å². The second kappa shape index (κ2) is 6.79. The van der Waals surface area contributed by atoms with Crippen LogP contribution in [0.1, 0.15) is 23.2 Å². The minimum absolute atomic E-state index is 0.0159. The number of fused-ring (bicyclic) bond motifs is 1. The Kier molecular flexibility index (Phi) is 4.71. The Morgan fingerprint density at radius 1 is 1.32 bits per heavy atom. The molecular weight excluding hydrogens is 340 g/mol. The Hall–Kier alpha value is -2.49. The summed E-state index contributed by atoms with van der Waals surface area (Å²) >= 11 is 6.58. The van der Waals surface area contributed by atoms with Gasteiger partial charge in [-0.2, -0.15) is 5.26 Å². The van der Waals surface area contributed by atoms with E-state index in [9.17, 15) is 5.26 Å². The summed E-state index contributed by atoms with van der Waals surface area (Å²) in [5.41, 5.74) is 15.6. The molecule has 1 aromatic heterocycles. The molecule has 0 spiro atoms. The summed E-state index contributed by atoms with van der Waals surface area (Å²) in [5.74, 6) is 1.13. The molecule has 130 valence electrons. The highest BCUT2D eigenvalue weighted by atomic mass is 35.5. The summed E-state index contributed by atoms with van der Waals surface area (Å²) in [6, 6.07) is 5.74. The van der Waals surface area contributed by atoms with Crippen LogP contribution in [0, 0.1) is 11.3 Å². The highest BCUT2D eigenvalue weighted by molar-refractivity contribution is 6.35. The minimum Gasteiger partial charge on any atom is -0.493 e. The maximum atomic E-state index is 9.65. The zero-order valence-corrected chi connectivity index (χ0v) is 14.9. The Morgan fingerprint density at radius 3 is 2.72 bits per heavy atom. The number of aryl methyl sites for hydroxylation is 1. The Labute approximate surface area is 151 Å². The molecule has 1 aromatic carbocycles. The lowest BCUT2D eigenvalue weighted by Crippen LogP contribution is -2.29. The van der Waals surface area contributed by atoms with E-state index in [0.717, 1.165) is 24.1 Å². The largest absolute Gasteiger partial charge is 0.493 e. The number of rotatable bonds is 3. The number of halogens is 1. The summed E-state index contributed by atoms with van der Waals surface area (Å²) in [5, 5.41) is 10.0. The van der Waals surface area contributed by atoms with E-state index >= 15 is 0 Å². The smallest absolute Gasteiger partial charge is 0.180 e. The SMILES string of the molecule is COc1ccc(-c2c(C#N)c(N)nc3c2C[C@H](N)CC3)c(Cl)c1OC. The van der Waals surface area contributed by atoms with Gasteiger partial charge in [-0.3, -0.25) is 0 Å².